The van der Waals surface area contributed by atoms with Crippen molar-refractivity contribution < 1.29 is 252 Å². The van der Waals surface area contributed by atoms with Crippen LogP contribution in [0.1, 0.15) is 134 Å². The third-order valence-electron chi connectivity index (χ3n) is 15.2. The number of carbonyl (C=O) groups excluding carboxylic acids is 2. The van der Waals surface area contributed by atoms with Crippen LogP contribution in [0.4, 0.5) is 143 Å². The van der Waals surface area contributed by atoms with E-state index in [0.717, 1.165) is 61.7 Å². The van der Waals surface area contributed by atoms with Gasteiger partial charge in [-0.25, -0.2) is 110 Å². The van der Waals surface area contributed by atoms with Crippen LogP contribution < -0.4 is 15.6 Å². The maximum Gasteiger partial charge on any atom is 0.485 e. The number of carboxylic acids is 2. The molecule has 0 saturated heterocycles. The zero-order chi connectivity index (χ0) is 110. The van der Waals surface area contributed by atoms with Gasteiger partial charge in [-0.15, -0.1) is 0 Å². The van der Waals surface area contributed by atoms with Crippen molar-refractivity contribution in [1.29, 1.82) is 0 Å². The summed E-state index contributed by atoms with van der Waals surface area (Å²) in [6.07, 6.45) is -9.68. The summed E-state index contributed by atoms with van der Waals surface area (Å²) in [4.78, 5) is 38.0. The smallest absolute Gasteiger partial charge is 0.485 e. The average molecular weight is 2200 g/mol. The largest absolute Gasteiger partial charge is 1.00 e. The first-order valence-corrected chi connectivity index (χ1v) is 45.1. The molecule has 0 aliphatic heterocycles. The molecule has 0 atom stereocenters. The first-order valence-electron chi connectivity index (χ1n) is 34.8. The van der Waals surface area contributed by atoms with E-state index in [9.17, 15) is 215 Å². The molecule has 0 fully saturated rings. The van der Waals surface area contributed by atoms with Gasteiger partial charge in [-0.1, -0.05) is 107 Å². The number of rotatable bonds is 14. The minimum Gasteiger partial charge on any atom is -1.00 e. The van der Waals surface area contributed by atoms with Crippen molar-refractivity contribution in [2.75, 3.05) is 14.2 Å². The Morgan fingerprint density at radius 3 is 0.879 bits per heavy atom. The summed E-state index contributed by atoms with van der Waals surface area (Å²) >= 11 is 0. The van der Waals surface area contributed by atoms with Gasteiger partial charge >= 0.3 is 82.3 Å². The number of hydrogen-bond acceptors (Lipinski definition) is 21. The molecular weight excluding hydrogens is 2150 g/mol. The molecule has 140 heavy (non-hydrogen) atoms. The Hall–Kier alpha value is -11.0. The SMILES string of the molecule is CC(C)c1cc(C(C)C)c(S(=O)(=O)[O-])c(C(C)C)c1.COC(=O)c1cc(C(=O)OC)cc(S(=O)(=O)[O-])c1.Cc1ccc(S(=O)(=O)[O-])cc1.FB(F)F.F[P-](F)(F)(F)(F)F.Fc1c(F)c(F)c([S+](c2ccccc2)c2c(F)c(F)c(F)c(F)c2F)c(F)c1F.O=C(O)c1cc(C(=O)O)cc(S(=O)(=O)[O-])c1.O=S(=O)([O-])C(F)(F)F.[B]c1c(F)c(F)c(F)c(F)c1F.[B]c1cc(C(F)(F)F)cc(C(F)(F)F)c1.[F-]. The van der Waals surface area contributed by atoms with Crippen LogP contribution in [0.25, 0.3) is 0 Å². The molecular formula is C73H52B3F34O23PS6-6. The van der Waals surface area contributed by atoms with E-state index in [0.29, 0.717) is 41.3 Å². The van der Waals surface area contributed by atoms with Crippen molar-refractivity contribution in [3.05, 3.63) is 264 Å². The molecule has 776 valence electrons. The van der Waals surface area contributed by atoms with Gasteiger partial charge < -0.3 is 47.2 Å². The molecule has 0 aromatic heterocycles. The number of carboxylic acid groups (broad SMARTS) is 2. The maximum absolute atomic E-state index is 14.3. The second-order valence-corrected chi connectivity index (χ2v) is 37.2. The molecule has 0 amide bonds. The first-order chi connectivity index (χ1) is 62.1. The predicted octanol–water partition coefficient (Wildman–Crippen LogP) is 16.2. The van der Waals surface area contributed by atoms with Gasteiger partial charge in [-0.05, 0) is 114 Å². The van der Waals surface area contributed by atoms with Crippen molar-refractivity contribution in [2.24, 2.45) is 0 Å². The van der Waals surface area contributed by atoms with Crippen LogP contribution in [0.3, 0.4) is 0 Å². The summed E-state index contributed by atoms with van der Waals surface area (Å²) in [6, 6.07) is 20.8. The minimum absolute atomic E-state index is 0. The van der Waals surface area contributed by atoms with Crippen LogP contribution in [0.5, 0.6) is 0 Å². The van der Waals surface area contributed by atoms with Crippen molar-refractivity contribution in [3.8, 4) is 0 Å². The Morgan fingerprint density at radius 2 is 0.650 bits per heavy atom. The molecule has 0 heterocycles. The second-order valence-electron chi connectivity index (χ2n) is 26.6. The monoisotopic (exact) mass is 2200 g/mol. The zero-order valence-electron chi connectivity index (χ0n) is 69.7. The standard InChI is InChI=1S/C18H5F10S.C15H24O3S.C10H10O7S.C8H3BF6.C8H6O7S.C7H8O3S.C6BF5.CHF3O3S.BF3.F6P.FH/c19-7-9(21)13(25)17(14(26)10(7)22)29(6-4-2-1-3-5-6)18-15(27)11(23)8(20)12(24)16(18)28;1-9(2)12-7-13(10(3)4)15(19(16,17)18)14(8-12)11(5)6;1-16-9(11)6-3-7(10(12)17-2)5-8(4-6)18(13,14)15;9-6-2-4(7(10,11)12)1-5(3-6)8(13,14)15;9-7(10)4-1-5(8(11)12)3-6(2-4)16(13,14)15;1-6-2-4-7(5-3-6)11(8,9)10;7-1-2(8)4(10)6(12)5(11)3(1)9;2-1(3,4)8(5,6)7;2-1(3)4;1-7(2,3,4,5)6;/h1-5H;7-11H,1-6H3,(H,16,17,18);3-5H,1-2H3,(H,13,14,15);1-3H;1-3H,(H,9,10)(H,11,12)(H,13,14,15);2-5H,1H3,(H,8,9,10);;(H,5,6,7);;;1H/q+1;;;;;;;;;-1;/p-6. The van der Waals surface area contributed by atoms with Crippen LogP contribution in [-0.2, 0) is 83.3 Å². The number of benzene rings is 9. The molecule has 0 saturated carbocycles. The number of esters is 2. The van der Waals surface area contributed by atoms with E-state index < -0.39 is 263 Å². The van der Waals surface area contributed by atoms with Gasteiger partial charge in [0.1, 0.15) is 67.1 Å². The molecule has 0 aliphatic rings. The van der Waals surface area contributed by atoms with Crippen LogP contribution >= 0.6 is 7.81 Å². The molecule has 9 rings (SSSR count). The summed E-state index contributed by atoms with van der Waals surface area (Å²) in [5, 5.41) is 17.2. The maximum atomic E-state index is 14.3. The van der Waals surface area contributed by atoms with Crippen molar-refractivity contribution in [1.82, 2.24) is 0 Å². The van der Waals surface area contributed by atoms with Gasteiger partial charge in [0.05, 0.1) is 67.2 Å². The molecule has 2 N–H and O–H groups in total. The van der Waals surface area contributed by atoms with E-state index in [-0.39, 0.29) is 43.5 Å². The fraction of sp³-hybridized carbons (Fsp3) is 0.205. The van der Waals surface area contributed by atoms with Crippen LogP contribution in [0.15, 0.2) is 156 Å². The minimum atomic E-state index is -10.7. The third kappa shape index (κ3) is 41.7. The van der Waals surface area contributed by atoms with Gasteiger partial charge in [-0.3, -0.25) is 12.9 Å². The molecule has 9 aromatic rings. The summed E-state index contributed by atoms with van der Waals surface area (Å²) in [5.74, 6) is -39.4. The quantitative estimate of drug-likeness (QED) is 0.0117. The fourth-order valence-corrected chi connectivity index (χ4v) is 14.0. The van der Waals surface area contributed by atoms with Gasteiger partial charge in [0.15, 0.2) is 44.1 Å². The van der Waals surface area contributed by atoms with Gasteiger partial charge in [0, 0.05) is 0 Å². The molecule has 9 aromatic carbocycles. The fourth-order valence-electron chi connectivity index (χ4n) is 9.11. The zero-order valence-corrected chi connectivity index (χ0v) is 75.5. The number of halogens is 34. The normalized spacial score (nSPS) is 12.1. The third-order valence-corrected chi connectivity index (χ3v) is 21.5. The summed E-state index contributed by atoms with van der Waals surface area (Å²) < 4.78 is 559. The number of ether oxygens (including phenoxy) is 2. The van der Waals surface area contributed by atoms with E-state index >= 15 is 0 Å². The molecule has 0 aliphatic carbocycles. The molecule has 67 heteroatoms. The topological polar surface area (TPSA) is 413 Å². The number of aryl methyl sites for hydroxylation is 1. The van der Waals surface area contributed by atoms with E-state index in [1.54, 1.807) is 12.1 Å². The number of hydrogen-bond donors (Lipinski definition) is 2. The Morgan fingerprint density at radius 1 is 0.393 bits per heavy atom. The molecule has 0 spiro atoms. The molecule has 23 nitrogen and oxygen atoms in total. The van der Waals surface area contributed by atoms with E-state index in [4.69, 9.17) is 31.0 Å². The van der Waals surface area contributed by atoms with E-state index in [1.807, 2.05) is 46.8 Å². The van der Waals surface area contributed by atoms with Gasteiger partial charge in [0.25, 0.3) is 0 Å². The average Bonchev–Trinajstić information content (AvgIpc) is 0.741. The predicted molar refractivity (Wildman–Crippen MR) is 414 cm³/mol. The van der Waals surface area contributed by atoms with E-state index in [2.05, 4.69) is 31.2 Å². The molecule has 0 unspecified atom stereocenters. The van der Waals surface area contributed by atoms with Crippen LogP contribution in [0, 0.1) is 94.2 Å². The van der Waals surface area contributed by atoms with Gasteiger partial charge in [0.2, 0.25) is 68.0 Å². The number of methoxy groups -OCH3 is 2. The Balaban J connectivity index is 0. The van der Waals surface area contributed by atoms with Crippen LogP contribution in [-0.4, -0.2) is 142 Å². The Kier molecular flexibility index (Phi) is 46.9. The van der Waals surface area contributed by atoms with E-state index in [1.165, 1.54) is 30.3 Å². The second kappa shape index (κ2) is 50.1. The Labute approximate surface area is 772 Å². The van der Waals surface area contributed by atoms with Crippen LogP contribution in [0.2, 0.25) is 0 Å². The molecule has 0 bridgehead atoms. The number of alkyl halides is 9. The summed E-state index contributed by atoms with van der Waals surface area (Å²) in [5.41, 5.74) is -8.71. The van der Waals surface area contributed by atoms with Crippen molar-refractivity contribution in [3.63, 3.8) is 0 Å². The Bertz CT molecular complexity index is 6210. The summed E-state index contributed by atoms with van der Waals surface area (Å²) in [6.45, 7) is 13.6. The van der Waals surface area contributed by atoms with Crippen molar-refractivity contribution in [2.45, 2.75) is 118 Å². The first kappa shape index (κ1) is 131. The number of carbonyl (C=O) groups is 4. The van der Waals surface area contributed by atoms with Crippen molar-refractivity contribution >= 4 is 127 Å². The summed E-state index contributed by atoms with van der Waals surface area (Å²) in [7, 11) is -30.1. The molecule has 4 radical (unpaired) electrons. The number of aromatic carboxylic acids is 2. The van der Waals surface area contributed by atoms with Gasteiger partial charge in [-0.2, -0.15) is 57.1 Å².